The van der Waals surface area contributed by atoms with Crippen LogP contribution in [0.15, 0.2) is 83.8 Å². The van der Waals surface area contributed by atoms with E-state index in [0.717, 1.165) is 45.1 Å². The Morgan fingerprint density at radius 1 is 0.938 bits per heavy atom. The fourth-order valence-electron chi connectivity index (χ4n) is 3.40. The zero-order chi connectivity index (χ0) is 22.5. The van der Waals surface area contributed by atoms with E-state index in [0.29, 0.717) is 12.4 Å². The van der Waals surface area contributed by atoms with Crippen molar-refractivity contribution in [2.75, 3.05) is 7.11 Å². The Morgan fingerprint density at radius 3 is 2.28 bits per heavy atom. The lowest BCUT2D eigenvalue weighted by Gasteiger charge is -2.13. The van der Waals surface area contributed by atoms with Crippen LogP contribution in [0.1, 0.15) is 11.3 Å². The van der Waals surface area contributed by atoms with Crippen molar-refractivity contribution in [3.8, 4) is 28.4 Å². The monoisotopic (exact) mass is 451 g/mol. The fraction of sp³-hybridized carbons (Fsp3) is 0.120. The Labute approximate surface area is 190 Å². The van der Waals surface area contributed by atoms with Crippen LogP contribution in [0.3, 0.4) is 0 Å². The molecule has 0 bridgehead atoms. The summed E-state index contributed by atoms with van der Waals surface area (Å²) in [5.41, 5.74) is 4.80. The van der Waals surface area contributed by atoms with Crippen molar-refractivity contribution >= 4 is 12.0 Å². The highest BCUT2D eigenvalue weighted by atomic mass is 32.2. The van der Waals surface area contributed by atoms with Crippen LogP contribution in [-0.4, -0.2) is 16.8 Å². The van der Waals surface area contributed by atoms with Crippen molar-refractivity contribution in [1.29, 1.82) is 0 Å². The minimum absolute atomic E-state index is 0.191. The maximum absolute atomic E-state index is 13.5. The molecule has 0 saturated heterocycles. The highest BCUT2D eigenvalue weighted by Gasteiger charge is 2.16. The Balaban J connectivity index is 1.69. The first-order valence-electron chi connectivity index (χ1n) is 9.92. The SMILES string of the molecule is COOSc1ccc(-c2cc(COc3ccc(O)cc3)c(C)n2-c2ccc(F)cc2)cc1. The van der Waals surface area contributed by atoms with Gasteiger partial charge in [-0.1, -0.05) is 12.1 Å². The Morgan fingerprint density at radius 2 is 1.62 bits per heavy atom. The maximum Gasteiger partial charge on any atom is 0.123 e. The predicted molar refractivity (Wildman–Crippen MR) is 122 cm³/mol. The van der Waals surface area contributed by atoms with Gasteiger partial charge in [-0.05, 0) is 79.2 Å². The number of halogens is 1. The second-order valence-corrected chi connectivity index (χ2v) is 7.85. The van der Waals surface area contributed by atoms with Crippen LogP contribution in [0.5, 0.6) is 11.5 Å². The average molecular weight is 452 g/mol. The summed E-state index contributed by atoms with van der Waals surface area (Å²) in [6.45, 7) is 2.37. The first-order chi connectivity index (χ1) is 15.5. The lowest BCUT2D eigenvalue weighted by atomic mass is 10.1. The molecule has 0 unspecified atom stereocenters. The topological polar surface area (TPSA) is 52.9 Å². The van der Waals surface area contributed by atoms with Crippen molar-refractivity contribution in [1.82, 2.24) is 4.57 Å². The molecule has 0 aliphatic heterocycles. The number of aromatic hydroxyl groups is 1. The molecule has 0 fully saturated rings. The second-order valence-electron chi connectivity index (χ2n) is 7.08. The molecular weight excluding hydrogens is 429 g/mol. The number of phenols is 1. The van der Waals surface area contributed by atoms with Gasteiger partial charge in [0.05, 0.1) is 24.8 Å². The number of rotatable bonds is 8. The fourth-order valence-corrected chi connectivity index (χ4v) is 3.79. The molecule has 0 saturated carbocycles. The molecule has 1 heterocycles. The van der Waals surface area contributed by atoms with E-state index in [1.54, 1.807) is 36.4 Å². The van der Waals surface area contributed by atoms with Crippen molar-refractivity contribution in [3.05, 3.63) is 95.9 Å². The number of nitrogens with zero attached hydrogens (tertiary/aromatic N) is 1. The van der Waals surface area contributed by atoms with Crippen molar-refractivity contribution in [2.24, 2.45) is 0 Å². The molecule has 0 aliphatic carbocycles. The molecule has 3 aromatic carbocycles. The maximum atomic E-state index is 13.5. The van der Waals surface area contributed by atoms with Gasteiger partial charge in [0.2, 0.25) is 0 Å². The van der Waals surface area contributed by atoms with Gasteiger partial charge in [0.1, 0.15) is 23.9 Å². The number of phenolic OH excluding ortho intramolecular Hbond substituents is 1. The largest absolute Gasteiger partial charge is 0.508 e. The number of hydrogen-bond acceptors (Lipinski definition) is 5. The Hall–Kier alpha value is -3.26. The molecule has 7 heteroatoms. The molecule has 0 atom stereocenters. The third-order valence-corrected chi connectivity index (χ3v) is 5.68. The van der Waals surface area contributed by atoms with Gasteiger partial charge < -0.3 is 14.4 Å². The molecular formula is C25H22FNO4S. The molecule has 0 aliphatic rings. The van der Waals surface area contributed by atoms with Gasteiger partial charge in [-0.2, -0.15) is 4.33 Å². The van der Waals surface area contributed by atoms with E-state index in [2.05, 4.69) is 15.5 Å². The van der Waals surface area contributed by atoms with Crippen LogP contribution in [0, 0.1) is 12.7 Å². The quantitative estimate of drug-likeness (QED) is 0.189. The van der Waals surface area contributed by atoms with Gasteiger partial charge >= 0.3 is 0 Å². The summed E-state index contributed by atoms with van der Waals surface area (Å²) in [6, 6.07) is 23.0. The van der Waals surface area contributed by atoms with E-state index in [9.17, 15) is 9.50 Å². The highest BCUT2D eigenvalue weighted by molar-refractivity contribution is 7.94. The number of aromatic nitrogens is 1. The van der Waals surface area contributed by atoms with Crippen LogP contribution in [-0.2, 0) is 15.8 Å². The predicted octanol–water partition coefficient (Wildman–Crippen LogP) is 6.46. The zero-order valence-corrected chi connectivity index (χ0v) is 18.4. The number of ether oxygens (including phenoxy) is 1. The van der Waals surface area contributed by atoms with E-state index in [4.69, 9.17) is 9.07 Å². The zero-order valence-electron chi connectivity index (χ0n) is 17.6. The van der Waals surface area contributed by atoms with Gasteiger partial charge in [-0.3, -0.25) is 0 Å². The molecule has 32 heavy (non-hydrogen) atoms. The molecule has 1 N–H and O–H groups in total. The summed E-state index contributed by atoms with van der Waals surface area (Å²) in [5.74, 6) is 0.573. The lowest BCUT2D eigenvalue weighted by molar-refractivity contribution is -0.160. The smallest absolute Gasteiger partial charge is 0.123 e. The highest BCUT2D eigenvalue weighted by Crippen LogP contribution is 2.32. The van der Waals surface area contributed by atoms with Crippen LogP contribution in [0.4, 0.5) is 4.39 Å². The van der Waals surface area contributed by atoms with Crippen LogP contribution in [0.2, 0.25) is 0 Å². The summed E-state index contributed by atoms with van der Waals surface area (Å²) in [4.78, 5) is 5.54. The molecule has 4 rings (SSSR count). The standard InChI is InChI=1S/C25H22FNO4S/c1-17-19(16-30-23-11-9-22(28)10-12-23)15-25(27(17)21-7-5-20(26)6-8-21)18-3-13-24(14-4-18)32-31-29-2/h3-15,28H,16H2,1-2H3. The minimum atomic E-state index is -0.282. The number of hydrogen-bond donors (Lipinski definition) is 1. The number of benzene rings is 3. The van der Waals surface area contributed by atoms with Crippen LogP contribution < -0.4 is 4.74 Å². The second kappa shape index (κ2) is 9.91. The first kappa shape index (κ1) is 22.0. The van der Waals surface area contributed by atoms with Crippen LogP contribution >= 0.6 is 12.0 Å². The Kier molecular flexibility index (Phi) is 6.80. The van der Waals surface area contributed by atoms with E-state index >= 15 is 0 Å². The molecule has 0 spiro atoms. The summed E-state index contributed by atoms with van der Waals surface area (Å²) in [5, 5.41) is 9.46. The van der Waals surface area contributed by atoms with Gasteiger partial charge in [-0.15, -0.1) is 0 Å². The van der Waals surface area contributed by atoms with E-state index in [1.807, 2.05) is 31.2 Å². The summed E-state index contributed by atoms with van der Waals surface area (Å²) >= 11 is 1.13. The van der Waals surface area contributed by atoms with Crippen molar-refractivity contribution in [2.45, 2.75) is 18.4 Å². The van der Waals surface area contributed by atoms with Gasteiger partial charge in [0.15, 0.2) is 0 Å². The molecule has 0 amide bonds. The summed E-state index contributed by atoms with van der Waals surface area (Å²) in [6.07, 6.45) is 0. The van der Waals surface area contributed by atoms with Crippen molar-refractivity contribution < 1.29 is 23.5 Å². The molecule has 1 aromatic heterocycles. The molecule has 5 nitrogen and oxygen atoms in total. The average Bonchev–Trinajstić information content (AvgIpc) is 3.14. The summed E-state index contributed by atoms with van der Waals surface area (Å²) < 4.78 is 26.5. The molecule has 164 valence electrons. The van der Waals surface area contributed by atoms with Crippen LogP contribution in [0.25, 0.3) is 16.9 Å². The molecule has 4 aromatic rings. The third kappa shape index (κ3) is 4.96. The molecule has 0 radical (unpaired) electrons. The van der Waals surface area contributed by atoms with E-state index < -0.39 is 0 Å². The van der Waals surface area contributed by atoms with Gasteiger partial charge in [0, 0.05) is 21.8 Å². The van der Waals surface area contributed by atoms with Gasteiger partial charge in [0.25, 0.3) is 0 Å². The van der Waals surface area contributed by atoms with Crippen molar-refractivity contribution in [3.63, 3.8) is 0 Å². The normalized spacial score (nSPS) is 11.0. The van der Waals surface area contributed by atoms with E-state index in [-0.39, 0.29) is 11.6 Å². The summed E-state index contributed by atoms with van der Waals surface area (Å²) in [7, 11) is 1.46. The third-order valence-electron chi connectivity index (χ3n) is 5.02. The lowest BCUT2D eigenvalue weighted by Crippen LogP contribution is -2.01. The van der Waals surface area contributed by atoms with Gasteiger partial charge in [-0.25, -0.2) is 9.28 Å². The first-order valence-corrected chi connectivity index (χ1v) is 10.7. The van der Waals surface area contributed by atoms with E-state index in [1.165, 1.54) is 19.2 Å². The minimum Gasteiger partial charge on any atom is -0.508 e. The Bertz CT molecular complexity index is 1170.